The molecule has 0 radical (unpaired) electrons. The van der Waals surface area contributed by atoms with E-state index in [2.05, 4.69) is 14.5 Å². The average molecular weight is 456 g/mol. The Labute approximate surface area is 191 Å². The Morgan fingerprint density at radius 2 is 1.59 bits per heavy atom. The van der Waals surface area contributed by atoms with Gasteiger partial charge >= 0.3 is 0 Å². The van der Waals surface area contributed by atoms with Crippen molar-refractivity contribution in [2.45, 2.75) is 56.1 Å². The standard InChI is InChI=1S/C25H33N3O3S/c1-21(2)31-19-5-17-28(16-4-15-27-18-14-26-20-27)23-8-12-25(13-9-23)32(29,30)24-10-6-22(3)7-11-24/h6-14,18,20-21H,4-5,15-17,19H2,1-3H3. The summed E-state index contributed by atoms with van der Waals surface area (Å²) in [5.74, 6) is 0. The van der Waals surface area contributed by atoms with Crippen LogP contribution in [0.15, 0.2) is 77.0 Å². The summed E-state index contributed by atoms with van der Waals surface area (Å²) < 4.78 is 33.7. The van der Waals surface area contributed by atoms with Gasteiger partial charge in [0.15, 0.2) is 0 Å². The molecular weight excluding hydrogens is 422 g/mol. The molecule has 0 bridgehead atoms. The van der Waals surface area contributed by atoms with Gasteiger partial charge in [0.25, 0.3) is 0 Å². The minimum Gasteiger partial charge on any atom is -0.379 e. The minimum absolute atomic E-state index is 0.218. The maximum Gasteiger partial charge on any atom is 0.206 e. The number of aryl methyl sites for hydroxylation is 2. The first kappa shape index (κ1) is 24.0. The van der Waals surface area contributed by atoms with Crippen LogP contribution >= 0.6 is 0 Å². The van der Waals surface area contributed by atoms with E-state index in [9.17, 15) is 8.42 Å². The quantitative estimate of drug-likeness (QED) is 0.369. The summed E-state index contributed by atoms with van der Waals surface area (Å²) in [5.41, 5.74) is 2.05. The normalized spacial score (nSPS) is 11.8. The van der Waals surface area contributed by atoms with E-state index in [0.717, 1.165) is 43.7 Å². The lowest BCUT2D eigenvalue weighted by molar-refractivity contribution is 0.0779. The molecule has 1 heterocycles. The number of rotatable bonds is 12. The Bertz CT molecular complexity index is 1040. The molecule has 3 rings (SSSR count). The zero-order valence-electron chi connectivity index (χ0n) is 19.1. The van der Waals surface area contributed by atoms with Crippen LogP contribution in [0.3, 0.4) is 0 Å². The van der Waals surface area contributed by atoms with Crippen molar-refractivity contribution in [1.82, 2.24) is 9.55 Å². The first-order valence-corrected chi connectivity index (χ1v) is 12.6. The third-order valence-electron chi connectivity index (χ3n) is 5.27. The molecule has 0 N–H and O–H groups in total. The van der Waals surface area contributed by atoms with Gasteiger partial charge < -0.3 is 14.2 Å². The molecule has 0 aliphatic carbocycles. The molecule has 1 aromatic heterocycles. The Morgan fingerprint density at radius 3 is 2.19 bits per heavy atom. The van der Waals surface area contributed by atoms with Gasteiger partial charge in [-0.25, -0.2) is 13.4 Å². The number of ether oxygens (including phenoxy) is 1. The second kappa shape index (κ2) is 11.3. The van der Waals surface area contributed by atoms with Crippen LogP contribution in [0.4, 0.5) is 5.69 Å². The highest BCUT2D eigenvalue weighted by atomic mass is 32.2. The van der Waals surface area contributed by atoms with Crippen molar-refractivity contribution in [3.8, 4) is 0 Å². The molecule has 0 spiro atoms. The van der Waals surface area contributed by atoms with Crippen molar-refractivity contribution in [1.29, 1.82) is 0 Å². The van der Waals surface area contributed by atoms with E-state index in [1.54, 1.807) is 30.5 Å². The highest BCUT2D eigenvalue weighted by molar-refractivity contribution is 7.91. The fourth-order valence-electron chi connectivity index (χ4n) is 3.50. The number of hydrogen-bond donors (Lipinski definition) is 0. The Kier molecular flexibility index (Phi) is 8.47. The molecule has 0 amide bonds. The van der Waals surface area contributed by atoms with Gasteiger partial charge in [0.1, 0.15) is 0 Å². The number of anilines is 1. The van der Waals surface area contributed by atoms with Crippen molar-refractivity contribution in [2.75, 3.05) is 24.6 Å². The van der Waals surface area contributed by atoms with Gasteiger partial charge in [-0.2, -0.15) is 0 Å². The van der Waals surface area contributed by atoms with E-state index in [1.165, 1.54) is 0 Å². The van der Waals surface area contributed by atoms with Crippen molar-refractivity contribution in [3.63, 3.8) is 0 Å². The van der Waals surface area contributed by atoms with Crippen LogP contribution in [-0.4, -0.2) is 43.8 Å². The number of nitrogens with zero attached hydrogens (tertiary/aromatic N) is 3. The van der Waals surface area contributed by atoms with Crippen LogP contribution in [0.2, 0.25) is 0 Å². The molecule has 2 aromatic carbocycles. The zero-order chi connectivity index (χ0) is 23.0. The van der Waals surface area contributed by atoms with Crippen LogP contribution in [0.25, 0.3) is 0 Å². The Balaban J connectivity index is 1.70. The van der Waals surface area contributed by atoms with Gasteiger partial charge in [0.05, 0.1) is 22.2 Å². The van der Waals surface area contributed by atoms with Crippen molar-refractivity contribution >= 4 is 15.5 Å². The van der Waals surface area contributed by atoms with E-state index >= 15 is 0 Å². The number of aromatic nitrogens is 2. The topological polar surface area (TPSA) is 64.4 Å². The molecule has 3 aromatic rings. The van der Waals surface area contributed by atoms with Gasteiger partial charge in [-0.1, -0.05) is 17.7 Å². The molecule has 32 heavy (non-hydrogen) atoms. The molecule has 0 saturated carbocycles. The lowest BCUT2D eigenvalue weighted by atomic mass is 10.2. The number of sulfone groups is 1. The Morgan fingerprint density at radius 1 is 0.969 bits per heavy atom. The molecule has 6 nitrogen and oxygen atoms in total. The van der Waals surface area contributed by atoms with Crippen LogP contribution in [-0.2, 0) is 21.1 Å². The van der Waals surface area contributed by atoms with Gasteiger partial charge in [-0.15, -0.1) is 0 Å². The SMILES string of the molecule is Cc1ccc(S(=O)(=O)c2ccc(N(CCCOC(C)C)CCCn3ccnc3)cc2)cc1. The number of hydrogen-bond acceptors (Lipinski definition) is 5. The summed E-state index contributed by atoms with van der Waals surface area (Å²) in [7, 11) is -3.52. The van der Waals surface area contributed by atoms with Crippen molar-refractivity contribution in [2.24, 2.45) is 0 Å². The van der Waals surface area contributed by atoms with E-state index in [0.29, 0.717) is 16.4 Å². The maximum absolute atomic E-state index is 13.0. The highest BCUT2D eigenvalue weighted by Crippen LogP contribution is 2.24. The van der Waals surface area contributed by atoms with Crippen LogP contribution < -0.4 is 4.90 Å². The largest absolute Gasteiger partial charge is 0.379 e. The molecular formula is C25H33N3O3S. The third-order valence-corrected chi connectivity index (χ3v) is 7.06. The summed E-state index contributed by atoms with van der Waals surface area (Å²) in [6.07, 6.45) is 7.67. The molecule has 0 aliphatic rings. The molecule has 0 unspecified atom stereocenters. The first-order chi connectivity index (χ1) is 15.4. The summed E-state index contributed by atoms with van der Waals surface area (Å²) in [4.78, 5) is 7.02. The zero-order valence-corrected chi connectivity index (χ0v) is 20.0. The van der Waals surface area contributed by atoms with Crippen LogP contribution in [0.1, 0.15) is 32.3 Å². The first-order valence-electron chi connectivity index (χ1n) is 11.1. The van der Waals surface area contributed by atoms with Gasteiger partial charge in [0.2, 0.25) is 9.84 Å². The van der Waals surface area contributed by atoms with Gasteiger partial charge in [0, 0.05) is 44.3 Å². The number of imidazole rings is 1. The van der Waals surface area contributed by atoms with E-state index in [1.807, 2.05) is 57.6 Å². The molecule has 0 aliphatic heterocycles. The average Bonchev–Trinajstić information content (AvgIpc) is 3.29. The number of benzene rings is 2. The fourth-order valence-corrected chi connectivity index (χ4v) is 4.76. The van der Waals surface area contributed by atoms with Crippen LogP contribution in [0.5, 0.6) is 0 Å². The molecule has 0 fully saturated rings. The second-order valence-corrected chi connectivity index (χ2v) is 10.2. The van der Waals surface area contributed by atoms with Crippen molar-refractivity contribution < 1.29 is 13.2 Å². The molecule has 172 valence electrons. The van der Waals surface area contributed by atoms with Crippen LogP contribution in [0, 0.1) is 6.92 Å². The molecule has 7 heteroatoms. The molecule has 0 saturated heterocycles. The molecule has 0 atom stereocenters. The lowest BCUT2D eigenvalue weighted by Gasteiger charge is -2.25. The van der Waals surface area contributed by atoms with Crippen molar-refractivity contribution in [3.05, 3.63) is 72.8 Å². The van der Waals surface area contributed by atoms with E-state index in [4.69, 9.17) is 4.74 Å². The smallest absolute Gasteiger partial charge is 0.206 e. The Hall–Kier alpha value is -2.64. The maximum atomic E-state index is 13.0. The lowest BCUT2D eigenvalue weighted by Crippen LogP contribution is -2.27. The third kappa shape index (κ3) is 6.68. The summed E-state index contributed by atoms with van der Waals surface area (Å²) in [6.45, 7) is 9.32. The summed E-state index contributed by atoms with van der Waals surface area (Å²) in [5, 5.41) is 0. The monoisotopic (exact) mass is 455 g/mol. The van der Waals surface area contributed by atoms with E-state index < -0.39 is 9.84 Å². The van der Waals surface area contributed by atoms with Gasteiger partial charge in [-0.3, -0.25) is 0 Å². The fraction of sp³-hybridized carbons (Fsp3) is 0.400. The second-order valence-electron chi connectivity index (χ2n) is 8.22. The van der Waals surface area contributed by atoms with Gasteiger partial charge in [-0.05, 0) is 70.0 Å². The van der Waals surface area contributed by atoms with E-state index in [-0.39, 0.29) is 6.10 Å². The highest BCUT2D eigenvalue weighted by Gasteiger charge is 2.18. The minimum atomic E-state index is -3.52. The predicted octanol–water partition coefficient (Wildman–Crippen LogP) is 4.74. The summed E-state index contributed by atoms with van der Waals surface area (Å²) >= 11 is 0. The predicted molar refractivity (Wildman–Crippen MR) is 128 cm³/mol. The summed E-state index contributed by atoms with van der Waals surface area (Å²) in [6, 6.07) is 14.2.